The number of benzene rings is 4. The van der Waals surface area contributed by atoms with Gasteiger partial charge in [0.25, 0.3) is 11.6 Å². The monoisotopic (exact) mass is 543 g/mol. The molecule has 0 saturated carbocycles. The fourth-order valence-electron chi connectivity index (χ4n) is 4.10. The summed E-state index contributed by atoms with van der Waals surface area (Å²) in [5.41, 5.74) is 3.48. The number of hydrogen-bond donors (Lipinski definition) is 1. The number of nitrogens with zero attached hydrogens (tertiary/aromatic N) is 2. The number of aliphatic imine (C=N–C) groups is 1. The molecule has 1 amide bonds. The van der Waals surface area contributed by atoms with Crippen LogP contribution in [-0.4, -0.2) is 16.0 Å². The summed E-state index contributed by atoms with van der Waals surface area (Å²) in [6, 6.07) is 22.4. The predicted molar refractivity (Wildman–Crippen MR) is 153 cm³/mol. The van der Waals surface area contributed by atoms with Gasteiger partial charge in [-0.05, 0) is 77.9 Å². The molecular weight excluding hydrogens is 522 g/mol. The third-order valence-corrected chi connectivity index (χ3v) is 7.38. The number of carbonyl (C=O) groups is 1. The number of nitrogens with one attached hydrogen (secondary N) is 1. The maximum atomic E-state index is 12.9. The highest BCUT2D eigenvalue weighted by molar-refractivity contribution is 8.18. The lowest BCUT2D eigenvalue weighted by molar-refractivity contribution is -0.385. The molecule has 1 aliphatic heterocycles. The number of amidine groups is 1. The number of nitro benzene ring substituents is 1. The molecule has 1 aliphatic rings. The zero-order valence-electron chi connectivity index (χ0n) is 20.5. The van der Waals surface area contributed by atoms with Gasteiger partial charge >= 0.3 is 0 Å². The van der Waals surface area contributed by atoms with Crippen molar-refractivity contribution in [3.8, 4) is 5.75 Å². The Morgan fingerprint density at radius 1 is 1.08 bits per heavy atom. The fourth-order valence-corrected chi connectivity index (χ4v) is 5.05. The van der Waals surface area contributed by atoms with Crippen LogP contribution in [0.5, 0.6) is 5.75 Å². The van der Waals surface area contributed by atoms with Crippen LogP contribution < -0.4 is 10.1 Å². The fraction of sp³-hybridized carbons (Fsp3) is 0.103. The lowest BCUT2D eigenvalue weighted by Crippen LogP contribution is -2.19. The summed E-state index contributed by atoms with van der Waals surface area (Å²) in [6.07, 6.45) is 1.80. The van der Waals surface area contributed by atoms with Crippen molar-refractivity contribution < 1.29 is 14.5 Å². The van der Waals surface area contributed by atoms with E-state index in [2.05, 4.69) is 10.3 Å². The van der Waals surface area contributed by atoms with Crippen molar-refractivity contribution >= 4 is 62.7 Å². The number of aryl methyl sites for hydroxylation is 1. The normalized spacial score (nSPS) is 15.3. The standard InChI is InChI=1S/C29H22ClN3O4S/c1-17-13-22(14-25(18(17)2)33(35)36)31-29-32-28(34)27(38-29)15-24-23-6-4-3-5-20(23)9-12-26(24)37-16-19-7-10-21(30)11-8-19/h3-15H,16H2,1-2H3,(H,31,32,34)/b27-15-. The van der Waals surface area contributed by atoms with Gasteiger partial charge in [-0.15, -0.1) is 0 Å². The second kappa shape index (κ2) is 10.7. The average molecular weight is 544 g/mol. The van der Waals surface area contributed by atoms with Crippen LogP contribution in [0.1, 0.15) is 22.3 Å². The highest BCUT2D eigenvalue weighted by Crippen LogP contribution is 2.36. The maximum Gasteiger partial charge on any atom is 0.274 e. The summed E-state index contributed by atoms with van der Waals surface area (Å²) in [7, 11) is 0. The number of halogens is 1. The summed E-state index contributed by atoms with van der Waals surface area (Å²) >= 11 is 7.18. The molecule has 190 valence electrons. The van der Waals surface area contributed by atoms with Gasteiger partial charge in [0.05, 0.1) is 15.5 Å². The first-order valence-electron chi connectivity index (χ1n) is 11.7. The third kappa shape index (κ3) is 5.41. The Hall–Kier alpha value is -4.14. The molecule has 0 aromatic heterocycles. The summed E-state index contributed by atoms with van der Waals surface area (Å²) < 4.78 is 6.18. The van der Waals surface area contributed by atoms with Crippen LogP contribution in [-0.2, 0) is 11.4 Å². The van der Waals surface area contributed by atoms with E-state index in [1.165, 1.54) is 17.8 Å². The minimum absolute atomic E-state index is 0.00678. The Bertz CT molecular complexity index is 1650. The Morgan fingerprint density at radius 2 is 1.84 bits per heavy atom. The number of carbonyl (C=O) groups excluding carboxylic acids is 1. The summed E-state index contributed by atoms with van der Waals surface area (Å²) in [4.78, 5) is 28.8. The van der Waals surface area contributed by atoms with E-state index in [1.807, 2.05) is 60.7 Å². The Balaban J connectivity index is 1.48. The largest absolute Gasteiger partial charge is 0.488 e. The first-order valence-corrected chi connectivity index (χ1v) is 12.9. The van der Waals surface area contributed by atoms with Gasteiger partial charge in [0.15, 0.2) is 5.17 Å². The van der Waals surface area contributed by atoms with E-state index in [9.17, 15) is 14.9 Å². The molecule has 0 aliphatic carbocycles. The van der Waals surface area contributed by atoms with Crippen molar-refractivity contribution in [1.82, 2.24) is 5.32 Å². The van der Waals surface area contributed by atoms with Crippen LogP contribution in [0.4, 0.5) is 11.4 Å². The van der Waals surface area contributed by atoms with Gasteiger partial charge in [0, 0.05) is 22.2 Å². The van der Waals surface area contributed by atoms with Crippen LogP contribution in [0, 0.1) is 24.0 Å². The second-order valence-electron chi connectivity index (χ2n) is 8.76. The average Bonchev–Trinajstić information content (AvgIpc) is 3.24. The molecule has 4 aromatic carbocycles. The minimum atomic E-state index is -0.427. The van der Waals surface area contributed by atoms with Gasteiger partial charge in [0.1, 0.15) is 12.4 Å². The molecule has 5 rings (SSSR count). The van der Waals surface area contributed by atoms with Crippen LogP contribution >= 0.6 is 23.4 Å². The number of ether oxygens (including phenoxy) is 1. The molecule has 1 N–H and O–H groups in total. The predicted octanol–water partition coefficient (Wildman–Crippen LogP) is 7.49. The molecule has 0 radical (unpaired) electrons. The van der Waals surface area contributed by atoms with Gasteiger partial charge in [-0.3, -0.25) is 14.9 Å². The lowest BCUT2D eigenvalue weighted by atomic mass is 10.0. The zero-order chi connectivity index (χ0) is 26.8. The lowest BCUT2D eigenvalue weighted by Gasteiger charge is -2.13. The highest BCUT2D eigenvalue weighted by atomic mass is 35.5. The van der Waals surface area contributed by atoms with E-state index in [4.69, 9.17) is 16.3 Å². The van der Waals surface area contributed by atoms with Crippen molar-refractivity contribution in [1.29, 1.82) is 0 Å². The van der Waals surface area contributed by atoms with Crippen LogP contribution in [0.25, 0.3) is 16.8 Å². The number of fused-ring (bicyclic) bond motifs is 1. The van der Waals surface area contributed by atoms with Gasteiger partial charge in [-0.25, -0.2) is 4.99 Å². The van der Waals surface area contributed by atoms with Crippen molar-refractivity contribution in [3.05, 3.63) is 115 Å². The molecule has 38 heavy (non-hydrogen) atoms. The van der Waals surface area contributed by atoms with E-state index in [0.717, 1.165) is 27.5 Å². The molecule has 7 nitrogen and oxygen atoms in total. The summed E-state index contributed by atoms with van der Waals surface area (Å²) in [6.45, 7) is 3.83. The molecule has 1 saturated heterocycles. The van der Waals surface area contributed by atoms with Crippen molar-refractivity contribution in [3.63, 3.8) is 0 Å². The van der Waals surface area contributed by atoms with Gasteiger partial charge in [0.2, 0.25) is 0 Å². The van der Waals surface area contributed by atoms with Crippen molar-refractivity contribution in [2.24, 2.45) is 4.99 Å². The molecular formula is C29H22ClN3O4S. The van der Waals surface area contributed by atoms with E-state index in [1.54, 1.807) is 26.0 Å². The van der Waals surface area contributed by atoms with Crippen LogP contribution in [0.3, 0.4) is 0 Å². The van der Waals surface area contributed by atoms with E-state index in [0.29, 0.717) is 38.7 Å². The Labute approximate surface area is 228 Å². The number of thioether (sulfide) groups is 1. The SMILES string of the molecule is Cc1cc(N=C2NC(=O)/C(=C/c3c(OCc4ccc(Cl)cc4)ccc4ccccc34)S2)cc([N+](=O)[O-])c1C. The van der Waals surface area contributed by atoms with E-state index >= 15 is 0 Å². The maximum absolute atomic E-state index is 12.9. The summed E-state index contributed by atoms with van der Waals surface area (Å²) in [5, 5.41) is 17.2. The number of amides is 1. The van der Waals surface area contributed by atoms with Crippen LogP contribution in [0.2, 0.25) is 5.02 Å². The minimum Gasteiger partial charge on any atom is -0.488 e. The van der Waals surface area contributed by atoms with Crippen molar-refractivity contribution in [2.45, 2.75) is 20.5 Å². The Morgan fingerprint density at radius 3 is 2.61 bits per heavy atom. The topological polar surface area (TPSA) is 93.8 Å². The quantitative estimate of drug-likeness (QED) is 0.154. The number of nitro groups is 1. The number of hydrogen-bond acceptors (Lipinski definition) is 6. The molecule has 1 fully saturated rings. The molecule has 4 aromatic rings. The molecule has 0 bridgehead atoms. The molecule has 9 heteroatoms. The first kappa shape index (κ1) is 25.5. The van der Waals surface area contributed by atoms with E-state index in [-0.39, 0.29) is 11.6 Å². The summed E-state index contributed by atoms with van der Waals surface area (Å²) in [5.74, 6) is 0.332. The van der Waals surface area contributed by atoms with Gasteiger partial charge in [-0.2, -0.15) is 0 Å². The van der Waals surface area contributed by atoms with Crippen LogP contribution in [0.15, 0.2) is 82.7 Å². The first-order chi connectivity index (χ1) is 18.3. The highest BCUT2D eigenvalue weighted by Gasteiger charge is 2.25. The zero-order valence-corrected chi connectivity index (χ0v) is 22.1. The molecule has 0 atom stereocenters. The third-order valence-electron chi connectivity index (χ3n) is 6.22. The second-order valence-corrected chi connectivity index (χ2v) is 10.2. The molecule has 0 unspecified atom stereocenters. The van der Waals surface area contributed by atoms with Gasteiger partial charge in [-0.1, -0.05) is 54.1 Å². The van der Waals surface area contributed by atoms with Crippen molar-refractivity contribution in [2.75, 3.05) is 0 Å². The Kier molecular flexibility index (Phi) is 7.18. The van der Waals surface area contributed by atoms with E-state index < -0.39 is 4.92 Å². The molecule has 1 heterocycles. The smallest absolute Gasteiger partial charge is 0.274 e. The molecule has 0 spiro atoms. The number of rotatable bonds is 6. The van der Waals surface area contributed by atoms with Gasteiger partial charge < -0.3 is 10.1 Å².